The number of hydrogen-bond donors (Lipinski definition) is 2. The van der Waals surface area contributed by atoms with Crippen molar-refractivity contribution in [1.29, 1.82) is 0 Å². The molecule has 5 heteroatoms. The summed E-state index contributed by atoms with van der Waals surface area (Å²) in [5.41, 5.74) is 2.40. The number of carbonyl (C=O) groups is 2. The highest BCUT2D eigenvalue weighted by molar-refractivity contribution is 5.87. The van der Waals surface area contributed by atoms with Crippen LogP contribution in [0.15, 0.2) is 24.3 Å². The summed E-state index contributed by atoms with van der Waals surface area (Å²) in [6.07, 6.45) is 1.30. The Labute approximate surface area is 163 Å². The van der Waals surface area contributed by atoms with Crippen molar-refractivity contribution < 1.29 is 9.59 Å². The maximum atomic E-state index is 12.5. The van der Waals surface area contributed by atoms with Gasteiger partial charge in [0.2, 0.25) is 11.8 Å². The predicted octanol–water partition coefficient (Wildman–Crippen LogP) is 2.94. The third kappa shape index (κ3) is 6.65. The molecule has 0 bridgehead atoms. The van der Waals surface area contributed by atoms with Gasteiger partial charge in [0.25, 0.3) is 0 Å². The Kier molecular flexibility index (Phi) is 7.84. The molecule has 3 atom stereocenters. The van der Waals surface area contributed by atoms with Crippen LogP contribution in [-0.4, -0.2) is 35.8 Å². The van der Waals surface area contributed by atoms with Crippen molar-refractivity contribution in [2.24, 2.45) is 17.8 Å². The van der Waals surface area contributed by atoms with E-state index in [4.69, 9.17) is 0 Å². The van der Waals surface area contributed by atoms with Crippen LogP contribution < -0.4 is 10.6 Å². The van der Waals surface area contributed by atoms with Crippen molar-refractivity contribution in [2.75, 3.05) is 13.1 Å². The lowest BCUT2D eigenvalue weighted by Gasteiger charge is -2.35. The van der Waals surface area contributed by atoms with Crippen molar-refractivity contribution in [3.05, 3.63) is 35.4 Å². The van der Waals surface area contributed by atoms with Gasteiger partial charge in [-0.3, -0.25) is 14.5 Å². The molecule has 1 aliphatic heterocycles. The molecule has 2 N–H and O–H groups in total. The first kappa shape index (κ1) is 21.4. The molecule has 1 heterocycles. The lowest BCUT2D eigenvalue weighted by molar-refractivity contribution is -0.129. The Morgan fingerprint density at radius 3 is 2.26 bits per heavy atom. The topological polar surface area (TPSA) is 61.4 Å². The summed E-state index contributed by atoms with van der Waals surface area (Å²) in [5, 5.41) is 5.75. The van der Waals surface area contributed by atoms with E-state index in [1.54, 1.807) is 0 Å². The van der Waals surface area contributed by atoms with E-state index in [0.717, 1.165) is 37.0 Å². The zero-order chi connectivity index (χ0) is 20.0. The molecular weight excluding hydrogens is 338 g/mol. The molecule has 27 heavy (non-hydrogen) atoms. The summed E-state index contributed by atoms with van der Waals surface area (Å²) in [6, 6.07) is 7.80. The number of amides is 2. The van der Waals surface area contributed by atoms with Gasteiger partial charge in [-0.2, -0.15) is 0 Å². The lowest BCUT2D eigenvalue weighted by atomic mass is 9.91. The van der Waals surface area contributed by atoms with Crippen LogP contribution >= 0.6 is 0 Å². The van der Waals surface area contributed by atoms with Crippen molar-refractivity contribution in [1.82, 2.24) is 15.5 Å². The van der Waals surface area contributed by atoms with Crippen molar-refractivity contribution in [3.8, 4) is 0 Å². The number of carbonyl (C=O) groups excluding carboxylic acids is 2. The SMILES string of the molecule is CC(=O)N[C@H](C(=O)NCc1ccccc1CN1C[C@@H](C)C[C@H](C)C1)C(C)C. The largest absolute Gasteiger partial charge is 0.350 e. The van der Waals surface area contributed by atoms with Gasteiger partial charge in [-0.15, -0.1) is 0 Å². The van der Waals surface area contributed by atoms with Gasteiger partial charge in [0.1, 0.15) is 6.04 Å². The zero-order valence-electron chi connectivity index (χ0n) is 17.4. The van der Waals surface area contributed by atoms with Crippen molar-refractivity contribution in [2.45, 2.75) is 60.2 Å². The van der Waals surface area contributed by atoms with E-state index in [9.17, 15) is 9.59 Å². The summed E-state index contributed by atoms with van der Waals surface area (Å²) >= 11 is 0. The maximum absolute atomic E-state index is 12.5. The minimum atomic E-state index is -0.501. The highest BCUT2D eigenvalue weighted by Crippen LogP contribution is 2.23. The van der Waals surface area contributed by atoms with Gasteiger partial charge in [-0.05, 0) is 35.3 Å². The molecule has 2 amide bonds. The van der Waals surface area contributed by atoms with Crippen LogP contribution in [0.4, 0.5) is 0 Å². The van der Waals surface area contributed by atoms with Crippen molar-refractivity contribution in [3.63, 3.8) is 0 Å². The number of nitrogens with one attached hydrogen (secondary N) is 2. The third-order valence-electron chi connectivity index (χ3n) is 5.22. The molecule has 0 unspecified atom stereocenters. The fourth-order valence-electron chi connectivity index (χ4n) is 4.09. The highest BCUT2D eigenvalue weighted by atomic mass is 16.2. The quantitative estimate of drug-likeness (QED) is 0.772. The van der Waals surface area contributed by atoms with Crippen LogP contribution in [0.2, 0.25) is 0 Å². The molecule has 1 aromatic carbocycles. The van der Waals surface area contributed by atoms with Gasteiger partial charge >= 0.3 is 0 Å². The Bertz CT molecular complexity index is 634. The molecule has 1 fully saturated rings. The Morgan fingerprint density at radius 1 is 1.11 bits per heavy atom. The van der Waals surface area contributed by atoms with Crippen LogP contribution in [0, 0.1) is 17.8 Å². The number of rotatable bonds is 7. The molecule has 150 valence electrons. The predicted molar refractivity (Wildman–Crippen MR) is 109 cm³/mol. The Morgan fingerprint density at radius 2 is 1.70 bits per heavy atom. The van der Waals surface area contributed by atoms with E-state index in [0.29, 0.717) is 6.54 Å². The monoisotopic (exact) mass is 373 g/mol. The third-order valence-corrected chi connectivity index (χ3v) is 5.22. The Hall–Kier alpha value is -1.88. The van der Waals surface area contributed by atoms with Crippen LogP contribution in [0.25, 0.3) is 0 Å². The van der Waals surface area contributed by atoms with Crippen LogP contribution in [-0.2, 0) is 22.7 Å². The second kappa shape index (κ2) is 9.88. The minimum absolute atomic E-state index is 0.0421. The molecule has 5 nitrogen and oxygen atoms in total. The number of benzene rings is 1. The summed E-state index contributed by atoms with van der Waals surface area (Å²) < 4.78 is 0. The summed E-state index contributed by atoms with van der Waals surface area (Å²) in [7, 11) is 0. The van der Waals surface area contributed by atoms with Crippen LogP contribution in [0.3, 0.4) is 0 Å². The first-order valence-electron chi connectivity index (χ1n) is 10.1. The second-order valence-electron chi connectivity index (χ2n) is 8.55. The Balaban J connectivity index is 2.00. The summed E-state index contributed by atoms with van der Waals surface area (Å²) in [5.74, 6) is 1.18. The zero-order valence-corrected chi connectivity index (χ0v) is 17.4. The van der Waals surface area contributed by atoms with E-state index in [1.807, 2.05) is 19.9 Å². The fourth-order valence-corrected chi connectivity index (χ4v) is 4.09. The number of hydrogen-bond acceptors (Lipinski definition) is 3. The molecular formula is C22H35N3O2. The van der Waals surface area contributed by atoms with Gasteiger partial charge in [-0.25, -0.2) is 0 Å². The van der Waals surface area contributed by atoms with Gasteiger partial charge in [0, 0.05) is 33.1 Å². The maximum Gasteiger partial charge on any atom is 0.243 e. The van der Waals surface area contributed by atoms with Gasteiger partial charge < -0.3 is 10.6 Å². The standard InChI is InChI=1S/C22H35N3O2/c1-15(2)21(24-18(5)26)22(27)23-11-19-8-6-7-9-20(19)14-25-12-16(3)10-17(4)13-25/h6-9,15-17,21H,10-14H2,1-5H3,(H,23,27)(H,24,26)/t16-,17-,21-/m0/s1. The van der Waals surface area contributed by atoms with E-state index in [1.165, 1.54) is 18.9 Å². The normalized spacial score (nSPS) is 21.7. The average Bonchev–Trinajstić information content (AvgIpc) is 2.57. The fraction of sp³-hybridized carbons (Fsp3) is 0.636. The molecule has 1 saturated heterocycles. The van der Waals surface area contributed by atoms with E-state index >= 15 is 0 Å². The molecule has 2 rings (SSSR count). The van der Waals surface area contributed by atoms with E-state index < -0.39 is 6.04 Å². The van der Waals surface area contributed by atoms with Crippen molar-refractivity contribution >= 4 is 11.8 Å². The first-order chi connectivity index (χ1) is 12.8. The first-order valence-corrected chi connectivity index (χ1v) is 10.1. The van der Waals surface area contributed by atoms with Gasteiger partial charge in [0.15, 0.2) is 0 Å². The number of likely N-dealkylation sites (tertiary alicyclic amines) is 1. The lowest BCUT2D eigenvalue weighted by Crippen LogP contribution is -2.48. The molecule has 1 aliphatic rings. The van der Waals surface area contributed by atoms with Gasteiger partial charge in [-0.1, -0.05) is 52.0 Å². The minimum Gasteiger partial charge on any atom is -0.350 e. The molecule has 1 aromatic rings. The average molecular weight is 374 g/mol. The number of nitrogens with zero attached hydrogens (tertiary/aromatic N) is 1. The van der Waals surface area contributed by atoms with Gasteiger partial charge in [0.05, 0.1) is 0 Å². The molecule has 0 radical (unpaired) electrons. The molecule has 0 aliphatic carbocycles. The van der Waals surface area contributed by atoms with Crippen LogP contribution in [0.5, 0.6) is 0 Å². The summed E-state index contributed by atoms with van der Waals surface area (Å²) in [4.78, 5) is 26.4. The molecule has 0 aromatic heterocycles. The summed E-state index contributed by atoms with van der Waals surface area (Å²) in [6.45, 7) is 13.6. The van der Waals surface area contributed by atoms with Crippen LogP contribution in [0.1, 0.15) is 52.2 Å². The molecule has 0 spiro atoms. The number of piperidine rings is 1. The second-order valence-corrected chi connectivity index (χ2v) is 8.55. The smallest absolute Gasteiger partial charge is 0.243 e. The molecule has 0 saturated carbocycles. The highest BCUT2D eigenvalue weighted by Gasteiger charge is 2.24. The van der Waals surface area contributed by atoms with E-state index in [2.05, 4.69) is 47.6 Å². The van der Waals surface area contributed by atoms with E-state index in [-0.39, 0.29) is 17.7 Å².